The molecule has 0 radical (unpaired) electrons. The lowest BCUT2D eigenvalue weighted by atomic mass is 10.2. The van der Waals surface area contributed by atoms with Crippen LogP contribution in [0.5, 0.6) is 0 Å². The van der Waals surface area contributed by atoms with Gasteiger partial charge in [0.1, 0.15) is 5.82 Å². The summed E-state index contributed by atoms with van der Waals surface area (Å²) in [4.78, 5) is 37.8. The molecule has 0 fully saturated rings. The van der Waals surface area contributed by atoms with Crippen molar-refractivity contribution in [2.45, 2.75) is 4.90 Å². The van der Waals surface area contributed by atoms with Crippen LogP contribution in [0.15, 0.2) is 66.0 Å². The standard InChI is InChI=1S/C21H15FN4O5S/c1-32(29,30)15-5-6-16-17(19(23)27)11-26(18(16)8-15)31-21(28)13-9-24-20(25-10-13)12-3-2-4-14(22)7-12/h2-11H,1H3,(H2,23,27). The molecule has 1 amide bonds. The molecule has 2 heterocycles. The number of fused-ring (bicyclic) bond motifs is 1. The number of aromatic nitrogens is 3. The minimum absolute atomic E-state index is 0.0214. The molecule has 0 atom stereocenters. The topological polar surface area (TPSA) is 134 Å². The van der Waals surface area contributed by atoms with Crippen molar-refractivity contribution < 1.29 is 27.2 Å². The lowest BCUT2D eigenvalue weighted by molar-refractivity contribution is 0.0480. The average molecular weight is 454 g/mol. The summed E-state index contributed by atoms with van der Waals surface area (Å²) in [5, 5.41) is 0.315. The molecule has 4 aromatic rings. The van der Waals surface area contributed by atoms with Gasteiger partial charge in [0.25, 0.3) is 5.91 Å². The third kappa shape index (κ3) is 4.05. The van der Waals surface area contributed by atoms with Gasteiger partial charge in [-0.25, -0.2) is 27.6 Å². The summed E-state index contributed by atoms with van der Waals surface area (Å²) in [5.41, 5.74) is 6.00. The smallest absolute Gasteiger partial charge is 0.366 e. The van der Waals surface area contributed by atoms with E-state index in [4.69, 9.17) is 10.6 Å². The Kier molecular flexibility index (Phi) is 5.18. The van der Waals surface area contributed by atoms with E-state index in [1.54, 1.807) is 6.07 Å². The highest BCUT2D eigenvalue weighted by molar-refractivity contribution is 7.90. The van der Waals surface area contributed by atoms with Crippen molar-refractivity contribution in [2.24, 2.45) is 5.73 Å². The third-order valence-corrected chi connectivity index (χ3v) is 5.70. The van der Waals surface area contributed by atoms with E-state index in [0.717, 1.165) is 11.0 Å². The second-order valence-corrected chi connectivity index (χ2v) is 8.88. The van der Waals surface area contributed by atoms with E-state index in [1.807, 2.05) is 0 Å². The summed E-state index contributed by atoms with van der Waals surface area (Å²) >= 11 is 0. The molecule has 32 heavy (non-hydrogen) atoms. The number of hydrogen-bond acceptors (Lipinski definition) is 7. The molecular weight excluding hydrogens is 439 g/mol. The lowest BCUT2D eigenvalue weighted by Gasteiger charge is -2.07. The van der Waals surface area contributed by atoms with Crippen LogP contribution in [0.25, 0.3) is 22.3 Å². The zero-order chi connectivity index (χ0) is 23.0. The van der Waals surface area contributed by atoms with Crippen LogP contribution in [0.4, 0.5) is 4.39 Å². The molecule has 0 bridgehead atoms. The van der Waals surface area contributed by atoms with E-state index < -0.39 is 27.5 Å². The number of primary amides is 1. The lowest BCUT2D eigenvalue weighted by Crippen LogP contribution is -2.20. The van der Waals surface area contributed by atoms with Crippen molar-refractivity contribution in [1.29, 1.82) is 0 Å². The first kappa shape index (κ1) is 21.1. The molecule has 2 N–H and O–H groups in total. The molecule has 9 nitrogen and oxygen atoms in total. The number of nitrogens with zero attached hydrogens (tertiary/aromatic N) is 3. The van der Waals surface area contributed by atoms with Gasteiger partial charge in [-0.2, -0.15) is 4.73 Å². The van der Waals surface area contributed by atoms with Crippen molar-refractivity contribution in [2.75, 3.05) is 6.26 Å². The molecule has 0 aliphatic heterocycles. The minimum atomic E-state index is -3.55. The number of halogens is 1. The molecule has 0 aliphatic rings. The summed E-state index contributed by atoms with van der Waals surface area (Å²) in [7, 11) is -3.55. The van der Waals surface area contributed by atoms with E-state index in [-0.39, 0.29) is 27.4 Å². The van der Waals surface area contributed by atoms with Gasteiger partial charge in [0.2, 0.25) is 0 Å². The first-order valence-electron chi connectivity index (χ1n) is 9.09. The van der Waals surface area contributed by atoms with E-state index in [1.165, 1.54) is 55.0 Å². The molecular formula is C21H15FN4O5S. The van der Waals surface area contributed by atoms with Gasteiger partial charge in [-0.15, -0.1) is 0 Å². The number of hydrogen-bond donors (Lipinski definition) is 1. The van der Waals surface area contributed by atoms with Gasteiger partial charge in [-0.05, 0) is 24.3 Å². The van der Waals surface area contributed by atoms with Crippen molar-refractivity contribution in [3.63, 3.8) is 0 Å². The quantitative estimate of drug-likeness (QED) is 0.487. The first-order chi connectivity index (χ1) is 15.1. The molecule has 0 spiro atoms. The van der Waals surface area contributed by atoms with E-state index >= 15 is 0 Å². The first-order valence-corrected chi connectivity index (χ1v) is 11.0. The predicted molar refractivity (Wildman–Crippen MR) is 112 cm³/mol. The van der Waals surface area contributed by atoms with Crippen molar-refractivity contribution in [3.05, 3.63) is 78.0 Å². The minimum Gasteiger partial charge on any atom is -0.366 e. The third-order valence-electron chi connectivity index (χ3n) is 4.59. The summed E-state index contributed by atoms with van der Waals surface area (Å²) in [6.07, 6.45) is 4.63. The fraction of sp³-hybridized carbons (Fsp3) is 0.0476. The Balaban J connectivity index is 1.68. The highest BCUT2D eigenvalue weighted by Gasteiger charge is 2.19. The molecule has 0 aliphatic carbocycles. The van der Waals surface area contributed by atoms with Crippen LogP contribution >= 0.6 is 0 Å². The van der Waals surface area contributed by atoms with E-state index in [0.29, 0.717) is 10.9 Å². The van der Waals surface area contributed by atoms with Crippen LogP contribution < -0.4 is 10.6 Å². The molecule has 2 aromatic carbocycles. The maximum atomic E-state index is 13.4. The van der Waals surface area contributed by atoms with Crippen molar-refractivity contribution in [1.82, 2.24) is 14.7 Å². The number of sulfone groups is 1. The van der Waals surface area contributed by atoms with Crippen molar-refractivity contribution in [3.8, 4) is 11.4 Å². The van der Waals surface area contributed by atoms with Crippen molar-refractivity contribution >= 4 is 32.6 Å². The molecule has 2 aromatic heterocycles. The predicted octanol–water partition coefficient (Wildman–Crippen LogP) is 2.01. The molecule has 4 rings (SSSR count). The Morgan fingerprint density at radius 1 is 1.09 bits per heavy atom. The highest BCUT2D eigenvalue weighted by Crippen LogP contribution is 2.24. The SMILES string of the molecule is CS(=O)(=O)c1ccc2c(C(N)=O)cn(OC(=O)c3cnc(-c4cccc(F)c4)nc3)c2c1. The fourth-order valence-corrected chi connectivity index (χ4v) is 3.67. The van der Waals surface area contributed by atoms with E-state index in [2.05, 4.69) is 9.97 Å². The Morgan fingerprint density at radius 3 is 2.44 bits per heavy atom. The maximum Gasteiger partial charge on any atom is 0.366 e. The highest BCUT2D eigenvalue weighted by atomic mass is 32.2. The van der Waals surface area contributed by atoms with Crippen LogP contribution in [0, 0.1) is 5.82 Å². The Hall–Kier alpha value is -4.12. The molecule has 0 saturated heterocycles. The fourth-order valence-electron chi connectivity index (χ4n) is 3.03. The van der Waals surface area contributed by atoms with Gasteiger partial charge in [0.05, 0.1) is 27.7 Å². The normalized spacial score (nSPS) is 11.4. The number of carbonyl (C=O) groups is 2. The summed E-state index contributed by atoms with van der Waals surface area (Å²) in [6.45, 7) is 0. The monoisotopic (exact) mass is 454 g/mol. The number of amides is 1. The van der Waals surface area contributed by atoms with Gasteiger partial charge in [0, 0.05) is 29.6 Å². The Bertz CT molecular complexity index is 1480. The van der Waals surface area contributed by atoms with Crippen LogP contribution in [-0.2, 0) is 9.84 Å². The van der Waals surface area contributed by atoms with E-state index in [9.17, 15) is 22.4 Å². The second-order valence-electron chi connectivity index (χ2n) is 6.87. The van der Waals surface area contributed by atoms with Gasteiger partial charge in [-0.3, -0.25) is 4.79 Å². The zero-order valence-corrected chi connectivity index (χ0v) is 17.3. The zero-order valence-electron chi connectivity index (χ0n) is 16.5. The molecule has 162 valence electrons. The summed E-state index contributed by atoms with van der Waals surface area (Å²) in [6, 6.07) is 9.67. The van der Waals surface area contributed by atoms with Gasteiger partial charge in [0.15, 0.2) is 15.7 Å². The Morgan fingerprint density at radius 2 is 1.81 bits per heavy atom. The molecule has 11 heteroatoms. The number of benzene rings is 2. The molecule has 0 unspecified atom stereocenters. The van der Waals surface area contributed by atoms with Crippen LogP contribution in [0.2, 0.25) is 0 Å². The largest absolute Gasteiger partial charge is 0.366 e. The number of carbonyl (C=O) groups excluding carboxylic acids is 2. The molecule has 0 saturated carbocycles. The van der Waals surface area contributed by atoms with Crippen LogP contribution in [0.3, 0.4) is 0 Å². The van der Waals surface area contributed by atoms with Gasteiger partial charge >= 0.3 is 5.97 Å². The summed E-state index contributed by atoms with van der Waals surface area (Å²) in [5.74, 6) is -1.89. The second kappa shape index (κ2) is 7.85. The van der Waals surface area contributed by atoms with Crippen LogP contribution in [-0.4, -0.2) is 41.2 Å². The number of nitrogens with two attached hydrogens (primary N) is 1. The maximum absolute atomic E-state index is 13.4. The Labute approximate surface area is 181 Å². The van der Waals surface area contributed by atoms with Gasteiger partial charge in [-0.1, -0.05) is 18.2 Å². The van der Waals surface area contributed by atoms with Crippen LogP contribution in [0.1, 0.15) is 20.7 Å². The number of rotatable bonds is 5. The summed E-state index contributed by atoms with van der Waals surface area (Å²) < 4.78 is 38.1. The van der Waals surface area contributed by atoms with Gasteiger partial charge < -0.3 is 10.6 Å². The average Bonchev–Trinajstić information content (AvgIpc) is 3.11.